The van der Waals surface area contributed by atoms with Crippen molar-refractivity contribution in [2.24, 2.45) is 5.92 Å². The molecule has 2 N–H and O–H groups in total. The van der Waals surface area contributed by atoms with Gasteiger partial charge in [0.25, 0.3) is 5.91 Å². The van der Waals surface area contributed by atoms with Crippen LogP contribution >= 0.6 is 0 Å². The molecule has 0 bridgehead atoms. The van der Waals surface area contributed by atoms with E-state index in [1.807, 2.05) is 18.2 Å². The van der Waals surface area contributed by atoms with Crippen molar-refractivity contribution in [2.45, 2.75) is 12.8 Å². The summed E-state index contributed by atoms with van der Waals surface area (Å²) in [5.41, 5.74) is 1.55. The van der Waals surface area contributed by atoms with Gasteiger partial charge in [-0.05, 0) is 31.0 Å². The summed E-state index contributed by atoms with van der Waals surface area (Å²) in [5.74, 6) is -1.35. The molecule has 2 aromatic rings. The van der Waals surface area contributed by atoms with Crippen LogP contribution in [0.1, 0.15) is 23.2 Å². The van der Waals surface area contributed by atoms with Crippen molar-refractivity contribution in [3.8, 4) is 0 Å². The summed E-state index contributed by atoms with van der Waals surface area (Å²) in [5, 5.41) is 9.99. The topological polar surface area (TPSA) is 73.4 Å². The van der Waals surface area contributed by atoms with Gasteiger partial charge in [-0.1, -0.05) is 6.07 Å². The van der Waals surface area contributed by atoms with Crippen LogP contribution in [0.5, 0.6) is 0 Å². The lowest BCUT2D eigenvalue weighted by Gasteiger charge is -2.30. The fraction of sp³-hybridized carbons (Fsp3) is 0.333. The second-order valence-corrected chi connectivity index (χ2v) is 5.17. The number of piperidine rings is 1. The first-order valence-corrected chi connectivity index (χ1v) is 6.75. The largest absolute Gasteiger partial charge is 0.481 e. The zero-order valence-corrected chi connectivity index (χ0v) is 11.0. The fourth-order valence-electron chi connectivity index (χ4n) is 2.81. The minimum atomic E-state index is -0.817. The number of fused-ring (bicyclic) bond motifs is 1. The number of carboxylic acid groups (broad SMARTS) is 1. The SMILES string of the molecule is O=C(O)C1CCCN(C(=O)c2cccc3[nH]ccc23)C1. The van der Waals surface area contributed by atoms with Crippen LogP contribution < -0.4 is 0 Å². The van der Waals surface area contributed by atoms with Crippen LogP contribution in [-0.2, 0) is 4.79 Å². The van der Waals surface area contributed by atoms with Crippen molar-refractivity contribution in [3.05, 3.63) is 36.0 Å². The molecule has 1 aliphatic rings. The molecule has 1 amide bonds. The maximum absolute atomic E-state index is 12.6. The zero-order valence-electron chi connectivity index (χ0n) is 11.0. The molecule has 2 heterocycles. The molecule has 1 aromatic heterocycles. The molecule has 5 nitrogen and oxygen atoms in total. The number of carbonyl (C=O) groups excluding carboxylic acids is 1. The first kappa shape index (κ1) is 12.7. The van der Waals surface area contributed by atoms with Crippen LogP contribution in [0.2, 0.25) is 0 Å². The maximum atomic E-state index is 12.6. The second-order valence-electron chi connectivity index (χ2n) is 5.17. The lowest BCUT2D eigenvalue weighted by molar-refractivity contribution is -0.143. The van der Waals surface area contributed by atoms with Crippen LogP contribution in [0.15, 0.2) is 30.5 Å². The van der Waals surface area contributed by atoms with Crippen molar-refractivity contribution in [3.63, 3.8) is 0 Å². The lowest BCUT2D eigenvalue weighted by atomic mass is 9.97. The van der Waals surface area contributed by atoms with Crippen LogP contribution in [0.25, 0.3) is 10.9 Å². The number of hydrogen-bond acceptors (Lipinski definition) is 2. The standard InChI is InChI=1S/C15H16N2O3/c18-14(17-8-2-3-10(9-17)15(19)20)12-4-1-5-13-11(12)6-7-16-13/h1,4-7,10,16H,2-3,8-9H2,(H,19,20). The molecule has 0 radical (unpaired) electrons. The van der Waals surface area contributed by atoms with Crippen molar-refractivity contribution in [1.82, 2.24) is 9.88 Å². The number of H-pyrrole nitrogens is 1. The quantitative estimate of drug-likeness (QED) is 0.879. The molecule has 5 heteroatoms. The van der Waals surface area contributed by atoms with Crippen molar-refractivity contribution in [2.75, 3.05) is 13.1 Å². The Morgan fingerprint density at radius 3 is 2.95 bits per heavy atom. The van der Waals surface area contributed by atoms with Gasteiger partial charge in [-0.3, -0.25) is 9.59 Å². The number of rotatable bonds is 2. The average molecular weight is 272 g/mol. The van der Waals surface area contributed by atoms with E-state index in [0.29, 0.717) is 25.1 Å². The normalized spacial score (nSPS) is 19.2. The molecular weight excluding hydrogens is 256 g/mol. The van der Waals surface area contributed by atoms with E-state index in [9.17, 15) is 9.59 Å². The summed E-state index contributed by atoms with van der Waals surface area (Å²) >= 11 is 0. The third-order valence-electron chi connectivity index (χ3n) is 3.88. The number of likely N-dealkylation sites (tertiary alicyclic amines) is 1. The van der Waals surface area contributed by atoms with Gasteiger partial charge < -0.3 is 15.0 Å². The number of carboxylic acids is 1. The minimum absolute atomic E-state index is 0.0823. The van der Waals surface area contributed by atoms with Gasteiger partial charge in [-0.2, -0.15) is 0 Å². The average Bonchev–Trinajstić information content (AvgIpc) is 2.95. The Morgan fingerprint density at radius 2 is 2.15 bits per heavy atom. The van der Waals surface area contributed by atoms with Crippen molar-refractivity contribution >= 4 is 22.8 Å². The van der Waals surface area contributed by atoms with Crippen LogP contribution in [0, 0.1) is 5.92 Å². The molecule has 0 saturated carbocycles. The Kier molecular flexibility index (Phi) is 3.18. The number of amides is 1. The number of nitrogens with one attached hydrogen (secondary N) is 1. The summed E-state index contributed by atoms with van der Waals surface area (Å²) in [6, 6.07) is 7.43. The molecule has 0 spiro atoms. The van der Waals surface area contributed by atoms with Crippen LogP contribution in [-0.4, -0.2) is 40.0 Å². The van der Waals surface area contributed by atoms with Gasteiger partial charge in [-0.15, -0.1) is 0 Å². The monoisotopic (exact) mass is 272 g/mol. The second kappa shape index (κ2) is 5.00. The molecule has 20 heavy (non-hydrogen) atoms. The number of benzene rings is 1. The summed E-state index contributed by atoms with van der Waals surface area (Å²) in [4.78, 5) is 28.4. The Balaban J connectivity index is 1.88. The number of aromatic nitrogens is 1. The van der Waals surface area contributed by atoms with E-state index in [4.69, 9.17) is 5.11 Å². The number of hydrogen-bond donors (Lipinski definition) is 2. The molecule has 1 atom stereocenters. The van der Waals surface area contributed by atoms with E-state index in [1.54, 1.807) is 17.2 Å². The maximum Gasteiger partial charge on any atom is 0.308 e. The van der Waals surface area contributed by atoms with E-state index < -0.39 is 11.9 Å². The highest BCUT2D eigenvalue weighted by molar-refractivity contribution is 6.06. The fourth-order valence-corrected chi connectivity index (χ4v) is 2.81. The predicted octanol–water partition coefficient (Wildman–Crippen LogP) is 2.10. The van der Waals surface area contributed by atoms with E-state index in [0.717, 1.165) is 17.3 Å². The highest BCUT2D eigenvalue weighted by Gasteiger charge is 2.29. The Bertz CT molecular complexity index is 662. The summed E-state index contributed by atoms with van der Waals surface area (Å²) in [6.07, 6.45) is 3.19. The van der Waals surface area contributed by atoms with Crippen molar-refractivity contribution in [1.29, 1.82) is 0 Å². The number of aliphatic carboxylic acids is 1. The Morgan fingerprint density at radius 1 is 1.30 bits per heavy atom. The molecule has 0 aliphatic carbocycles. The molecule has 1 aliphatic heterocycles. The lowest BCUT2D eigenvalue weighted by Crippen LogP contribution is -2.42. The van der Waals surface area contributed by atoms with Gasteiger partial charge in [0.2, 0.25) is 0 Å². The number of carbonyl (C=O) groups is 2. The molecule has 1 unspecified atom stereocenters. The van der Waals surface area contributed by atoms with E-state index >= 15 is 0 Å². The molecule has 104 valence electrons. The smallest absolute Gasteiger partial charge is 0.308 e. The first-order chi connectivity index (χ1) is 9.66. The molecule has 1 aromatic carbocycles. The molecular formula is C15H16N2O3. The highest BCUT2D eigenvalue weighted by Crippen LogP contribution is 2.23. The van der Waals surface area contributed by atoms with Crippen LogP contribution in [0.4, 0.5) is 0 Å². The van der Waals surface area contributed by atoms with Crippen molar-refractivity contribution < 1.29 is 14.7 Å². The van der Waals surface area contributed by atoms with Crippen LogP contribution in [0.3, 0.4) is 0 Å². The highest BCUT2D eigenvalue weighted by atomic mass is 16.4. The van der Waals surface area contributed by atoms with Gasteiger partial charge in [0.1, 0.15) is 0 Å². The third kappa shape index (κ3) is 2.15. The van der Waals surface area contributed by atoms with E-state index in [2.05, 4.69) is 4.98 Å². The molecule has 1 fully saturated rings. The molecule has 3 rings (SSSR count). The summed E-state index contributed by atoms with van der Waals surface area (Å²) in [6.45, 7) is 0.929. The van der Waals surface area contributed by atoms with Gasteiger partial charge in [0.05, 0.1) is 5.92 Å². The molecule has 1 saturated heterocycles. The third-order valence-corrected chi connectivity index (χ3v) is 3.88. The van der Waals surface area contributed by atoms with E-state index in [1.165, 1.54) is 0 Å². The Labute approximate surface area is 116 Å². The zero-order chi connectivity index (χ0) is 14.1. The summed E-state index contributed by atoms with van der Waals surface area (Å²) < 4.78 is 0. The van der Waals surface area contributed by atoms with E-state index in [-0.39, 0.29) is 5.91 Å². The van der Waals surface area contributed by atoms with Gasteiger partial charge in [0.15, 0.2) is 0 Å². The number of nitrogens with zero attached hydrogens (tertiary/aromatic N) is 1. The van der Waals surface area contributed by atoms with Gasteiger partial charge >= 0.3 is 5.97 Å². The number of aromatic amines is 1. The van der Waals surface area contributed by atoms with Gasteiger partial charge in [0, 0.05) is 35.8 Å². The predicted molar refractivity (Wildman–Crippen MR) is 74.6 cm³/mol. The minimum Gasteiger partial charge on any atom is -0.481 e. The summed E-state index contributed by atoms with van der Waals surface area (Å²) in [7, 11) is 0. The van der Waals surface area contributed by atoms with Gasteiger partial charge in [-0.25, -0.2) is 0 Å². The Hall–Kier alpha value is -2.30. The first-order valence-electron chi connectivity index (χ1n) is 6.75.